The first kappa shape index (κ1) is 19.3. The number of methoxy groups -OCH3 is 1. The van der Waals surface area contributed by atoms with Crippen molar-refractivity contribution in [1.29, 1.82) is 0 Å². The van der Waals surface area contributed by atoms with Crippen molar-refractivity contribution in [2.45, 2.75) is 19.8 Å². The molecule has 22 heavy (non-hydrogen) atoms. The van der Waals surface area contributed by atoms with E-state index < -0.39 is 0 Å². The molecule has 0 aliphatic carbocycles. The second kappa shape index (κ2) is 9.38. The van der Waals surface area contributed by atoms with E-state index in [0.717, 1.165) is 49.2 Å². The van der Waals surface area contributed by atoms with Crippen molar-refractivity contribution in [2.24, 2.45) is 5.92 Å². The molecule has 1 fully saturated rings. The van der Waals surface area contributed by atoms with E-state index in [4.69, 9.17) is 4.74 Å². The summed E-state index contributed by atoms with van der Waals surface area (Å²) in [6.07, 6.45) is 2.16. The monoisotopic (exact) mass is 390 g/mol. The van der Waals surface area contributed by atoms with Gasteiger partial charge in [0.05, 0.1) is 11.6 Å². The first-order chi connectivity index (χ1) is 10.2. The van der Waals surface area contributed by atoms with Gasteiger partial charge in [0.1, 0.15) is 5.75 Å². The normalized spacial score (nSPS) is 15.3. The number of carbonyl (C=O) groups is 1. The molecule has 0 radical (unpaired) electrons. The lowest BCUT2D eigenvalue weighted by atomic mass is 9.96. The Labute approximate surface area is 147 Å². The third-order valence-corrected chi connectivity index (χ3v) is 4.60. The van der Waals surface area contributed by atoms with Gasteiger partial charge in [-0.1, -0.05) is 6.92 Å². The molecular weight excluding hydrogens is 368 g/mol. The number of hydrogen-bond acceptors (Lipinski definition) is 3. The van der Waals surface area contributed by atoms with Gasteiger partial charge in [0.2, 0.25) is 0 Å². The van der Waals surface area contributed by atoms with Gasteiger partial charge in [-0.25, -0.2) is 0 Å². The highest BCUT2D eigenvalue weighted by atomic mass is 79.9. The smallest absolute Gasteiger partial charge is 0.253 e. The zero-order valence-electron chi connectivity index (χ0n) is 13.1. The van der Waals surface area contributed by atoms with Crippen LogP contribution in [0.15, 0.2) is 22.7 Å². The van der Waals surface area contributed by atoms with Crippen molar-refractivity contribution >= 4 is 34.2 Å². The van der Waals surface area contributed by atoms with Crippen LogP contribution in [0.25, 0.3) is 0 Å². The summed E-state index contributed by atoms with van der Waals surface area (Å²) in [7, 11) is 1.62. The third-order valence-electron chi connectivity index (χ3n) is 3.98. The van der Waals surface area contributed by atoms with Crippen molar-refractivity contribution in [2.75, 3.05) is 33.3 Å². The number of ether oxygens (including phenoxy) is 1. The molecule has 0 unspecified atom stereocenters. The molecule has 1 amide bonds. The van der Waals surface area contributed by atoms with E-state index in [1.165, 1.54) is 0 Å². The summed E-state index contributed by atoms with van der Waals surface area (Å²) in [4.78, 5) is 14.5. The van der Waals surface area contributed by atoms with E-state index >= 15 is 0 Å². The van der Waals surface area contributed by atoms with Crippen LogP contribution >= 0.6 is 28.3 Å². The minimum Gasteiger partial charge on any atom is -0.496 e. The van der Waals surface area contributed by atoms with E-state index in [-0.39, 0.29) is 18.3 Å². The molecule has 0 spiro atoms. The summed E-state index contributed by atoms with van der Waals surface area (Å²) >= 11 is 3.43. The molecule has 124 valence electrons. The summed E-state index contributed by atoms with van der Waals surface area (Å²) in [5.41, 5.74) is 0.716. The molecule has 1 aliphatic rings. The second-order valence-corrected chi connectivity index (χ2v) is 6.25. The molecule has 1 aromatic carbocycles. The number of benzene rings is 1. The SMILES string of the molecule is CCNCC1CCN(C(=O)c2ccc(OC)c(Br)c2)CC1.Cl. The first-order valence-corrected chi connectivity index (χ1v) is 8.28. The zero-order valence-corrected chi connectivity index (χ0v) is 15.5. The lowest BCUT2D eigenvalue weighted by molar-refractivity contribution is 0.0690. The fourth-order valence-electron chi connectivity index (χ4n) is 2.67. The van der Waals surface area contributed by atoms with Crippen LogP contribution in [0.2, 0.25) is 0 Å². The summed E-state index contributed by atoms with van der Waals surface area (Å²) in [5.74, 6) is 1.55. The number of carbonyl (C=O) groups excluding carboxylic acids is 1. The van der Waals surface area contributed by atoms with Crippen LogP contribution in [0.4, 0.5) is 0 Å². The minimum atomic E-state index is 0. The number of halogens is 2. The number of amides is 1. The van der Waals surface area contributed by atoms with E-state index in [0.29, 0.717) is 11.5 Å². The molecule has 2 rings (SSSR count). The summed E-state index contributed by atoms with van der Waals surface area (Å²) in [6, 6.07) is 5.50. The van der Waals surface area contributed by atoms with Crippen molar-refractivity contribution in [3.05, 3.63) is 28.2 Å². The fraction of sp³-hybridized carbons (Fsp3) is 0.562. The summed E-state index contributed by atoms with van der Waals surface area (Å²) in [6.45, 7) is 5.89. The number of nitrogens with zero attached hydrogens (tertiary/aromatic N) is 1. The molecule has 1 aliphatic heterocycles. The highest BCUT2D eigenvalue weighted by Crippen LogP contribution is 2.27. The van der Waals surface area contributed by atoms with Crippen LogP contribution in [0.5, 0.6) is 5.75 Å². The molecule has 0 atom stereocenters. The van der Waals surface area contributed by atoms with Crippen LogP contribution in [0.3, 0.4) is 0 Å². The van der Waals surface area contributed by atoms with Gasteiger partial charge in [-0.15, -0.1) is 12.4 Å². The van der Waals surface area contributed by atoms with E-state index in [9.17, 15) is 4.79 Å². The maximum absolute atomic E-state index is 12.5. The van der Waals surface area contributed by atoms with Gasteiger partial charge in [-0.2, -0.15) is 0 Å². The molecule has 1 heterocycles. The number of nitrogens with one attached hydrogen (secondary N) is 1. The van der Waals surface area contributed by atoms with Crippen molar-refractivity contribution in [3.8, 4) is 5.75 Å². The molecule has 1 N–H and O–H groups in total. The first-order valence-electron chi connectivity index (χ1n) is 7.49. The van der Waals surface area contributed by atoms with Gasteiger partial charge in [0.25, 0.3) is 5.91 Å². The van der Waals surface area contributed by atoms with Gasteiger partial charge >= 0.3 is 0 Å². The Kier molecular flexibility index (Phi) is 8.21. The number of rotatable bonds is 5. The highest BCUT2D eigenvalue weighted by Gasteiger charge is 2.23. The van der Waals surface area contributed by atoms with Crippen LogP contribution < -0.4 is 10.1 Å². The van der Waals surface area contributed by atoms with E-state index in [1.54, 1.807) is 7.11 Å². The largest absolute Gasteiger partial charge is 0.496 e. The molecule has 1 aromatic rings. The Hall–Kier alpha value is -0.780. The van der Waals surface area contributed by atoms with E-state index in [1.807, 2.05) is 23.1 Å². The van der Waals surface area contributed by atoms with Crippen LogP contribution in [0.1, 0.15) is 30.1 Å². The fourth-order valence-corrected chi connectivity index (χ4v) is 3.21. The quantitative estimate of drug-likeness (QED) is 0.837. The van der Waals surface area contributed by atoms with E-state index in [2.05, 4.69) is 28.2 Å². The average Bonchev–Trinajstić information content (AvgIpc) is 2.52. The predicted octanol–water partition coefficient (Wildman–Crippen LogP) is 3.34. The Balaban J connectivity index is 0.00000242. The van der Waals surface area contributed by atoms with Crippen LogP contribution in [0, 0.1) is 5.92 Å². The van der Waals surface area contributed by atoms with Gasteiger partial charge in [-0.05, 0) is 66.0 Å². The number of piperidine rings is 1. The molecule has 0 aromatic heterocycles. The third kappa shape index (κ3) is 4.86. The molecule has 0 bridgehead atoms. The molecular formula is C16H24BrClN2O2. The second-order valence-electron chi connectivity index (χ2n) is 5.39. The minimum absolute atomic E-state index is 0. The Morgan fingerprint density at radius 1 is 1.41 bits per heavy atom. The maximum Gasteiger partial charge on any atom is 0.253 e. The molecule has 0 saturated carbocycles. The number of likely N-dealkylation sites (tertiary alicyclic amines) is 1. The lowest BCUT2D eigenvalue weighted by Gasteiger charge is -2.32. The predicted molar refractivity (Wildman–Crippen MR) is 95.1 cm³/mol. The van der Waals surface area contributed by atoms with Gasteiger partial charge in [0, 0.05) is 18.7 Å². The summed E-state index contributed by atoms with van der Waals surface area (Å²) < 4.78 is 6.02. The standard InChI is InChI=1S/C16H23BrN2O2.ClH/c1-3-18-11-12-6-8-19(9-7-12)16(20)13-4-5-15(21-2)14(17)10-13;/h4-5,10,12,18H,3,6-9,11H2,1-2H3;1H. The van der Waals surface area contributed by atoms with Crippen LogP contribution in [-0.2, 0) is 0 Å². The summed E-state index contributed by atoms with van der Waals surface area (Å²) in [5, 5.41) is 3.39. The van der Waals surface area contributed by atoms with Gasteiger partial charge in [0.15, 0.2) is 0 Å². The lowest BCUT2D eigenvalue weighted by Crippen LogP contribution is -2.40. The van der Waals surface area contributed by atoms with Gasteiger partial charge < -0.3 is 15.0 Å². The average molecular weight is 392 g/mol. The molecule has 1 saturated heterocycles. The Morgan fingerprint density at radius 3 is 2.64 bits per heavy atom. The topological polar surface area (TPSA) is 41.6 Å². The molecule has 6 heteroatoms. The Bertz CT molecular complexity index is 491. The maximum atomic E-state index is 12.5. The number of hydrogen-bond donors (Lipinski definition) is 1. The molecule has 4 nitrogen and oxygen atoms in total. The van der Waals surface area contributed by atoms with Gasteiger partial charge in [-0.3, -0.25) is 4.79 Å². The van der Waals surface area contributed by atoms with Crippen molar-refractivity contribution < 1.29 is 9.53 Å². The van der Waals surface area contributed by atoms with Crippen LogP contribution in [-0.4, -0.2) is 44.1 Å². The zero-order chi connectivity index (χ0) is 15.2. The van der Waals surface area contributed by atoms with Crippen molar-refractivity contribution in [3.63, 3.8) is 0 Å². The Morgan fingerprint density at radius 2 is 2.09 bits per heavy atom. The van der Waals surface area contributed by atoms with Crippen molar-refractivity contribution in [1.82, 2.24) is 10.2 Å². The highest BCUT2D eigenvalue weighted by molar-refractivity contribution is 9.10.